The molecule has 0 aromatic carbocycles. The summed E-state index contributed by atoms with van der Waals surface area (Å²) in [5, 5.41) is 4.25. The molecule has 1 aliphatic carbocycles. The van der Waals surface area contributed by atoms with Gasteiger partial charge in [-0.05, 0) is 39.5 Å². The molecule has 0 unspecified atom stereocenters. The summed E-state index contributed by atoms with van der Waals surface area (Å²) in [4.78, 5) is 12.8. The van der Waals surface area contributed by atoms with Crippen LogP contribution in [0.4, 0.5) is 0 Å². The highest BCUT2D eigenvalue weighted by Crippen LogP contribution is 2.30. The van der Waals surface area contributed by atoms with E-state index in [2.05, 4.69) is 5.10 Å². The van der Waals surface area contributed by atoms with Gasteiger partial charge in [0, 0.05) is 19.0 Å². The predicted octanol–water partition coefficient (Wildman–Crippen LogP) is 2.11. The van der Waals surface area contributed by atoms with Crippen LogP contribution in [0.25, 0.3) is 0 Å². The highest BCUT2D eigenvalue weighted by molar-refractivity contribution is 7.89. The molecule has 1 aromatic heterocycles. The first-order chi connectivity index (χ1) is 10.4. The quantitative estimate of drug-likeness (QED) is 0.853. The summed E-state index contributed by atoms with van der Waals surface area (Å²) in [6.45, 7) is 4.48. The monoisotopic (exact) mass is 325 g/mol. The maximum absolute atomic E-state index is 12.8. The van der Waals surface area contributed by atoms with Crippen LogP contribution < -0.4 is 0 Å². The van der Waals surface area contributed by atoms with E-state index >= 15 is 0 Å². The van der Waals surface area contributed by atoms with Crippen molar-refractivity contribution in [3.63, 3.8) is 0 Å². The van der Waals surface area contributed by atoms with Crippen molar-refractivity contribution in [2.24, 2.45) is 5.92 Å². The number of sulfonamides is 1. The molecule has 1 saturated heterocycles. The average molecular weight is 325 g/mol. The van der Waals surface area contributed by atoms with Crippen LogP contribution in [0.2, 0.25) is 0 Å². The molecule has 1 saturated carbocycles. The SMILES string of the molecule is Cc1nn(C(=O)C2CCCC2)c(C)c1S(=O)(=O)N1CCCC1. The van der Waals surface area contributed by atoms with Crippen LogP contribution in [0.1, 0.15) is 54.7 Å². The molecule has 2 fully saturated rings. The van der Waals surface area contributed by atoms with Crippen molar-refractivity contribution in [3.8, 4) is 0 Å². The van der Waals surface area contributed by atoms with E-state index in [1.165, 1.54) is 8.99 Å². The minimum absolute atomic E-state index is 0.0136. The van der Waals surface area contributed by atoms with Gasteiger partial charge in [-0.1, -0.05) is 12.8 Å². The molecule has 0 N–H and O–H groups in total. The normalized spacial score (nSPS) is 20.8. The molecule has 22 heavy (non-hydrogen) atoms. The third-order valence-electron chi connectivity index (χ3n) is 4.80. The van der Waals surface area contributed by atoms with Crippen LogP contribution in [0.15, 0.2) is 4.90 Å². The van der Waals surface area contributed by atoms with E-state index in [0.717, 1.165) is 38.5 Å². The zero-order valence-corrected chi connectivity index (χ0v) is 14.0. The molecule has 0 atom stereocenters. The molecule has 3 rings (SSSR count). The number of carbonyl (C=O) groups excluding carboxylic acids is 1. The lowest BCUT2D eigenvalue weighted by Crippen LogP contribution is -2.29. The van der Waals surface area contributed by atoms with Crippen molar-refractivity contribution in [3.05, 3.63) is 11.4 Å². The number of carbonyl (C=O) groups is 1. The van der Waals surface area contributed by atoms with Crippen molar-refractivity contribution in [1.82, 2.24) is 14.1 Å². The maximum Gasteiger partial charge on any atom is 0.250 e. The third kappa shape index (κ3) is 2.50. The number of hydrogen-bond acceptors (Lipinski definition) is 4. The first-order valence-corrected chi connectivity index (χ1v) is 9.47. The molecular weight excluding hydrogens is 302 g/mol. The van der Waals surface area contributed by atoms with E-state index in [4.69, 9.17) is 0 Å². The van der Waals surface area contributed by atoms with Crippen LogP contribution in [0.3, 0.4) is 0 Å². The molecule has 1 aromatic rings. The third-order valence-corrected chi connectivity index (χ3v) is 6.95. The molecule has 0 amide bonds. The summed E-state index contributed by atoms with van der Waals surface area (Å²) in [7, 11) is -3.54. The summed E-state index contributed by atoms with van der Waals surface area (Å²) >= 11 is 0. The van der Waals surface area contributed by atoms with Crippen molar-refractivity contribution in [2.45, 2.75) is 57.3 Å². The smallest absolute Gasteiger partial charge is 0.250 e. The first kappa shape index (κ1) is 15.7. The van der Waals surface area contributed by atoms with Crippen molar-refractivity contribution in [2.75, 3.05) is 13.1 Å². The molecule has 2 heterocycles. The Bertz CT molecular complexity index is 681. The number of nitrogens with zero attached hydrogens (tertiary/aromatic N) is 3. The van der Waals surface area contributed by atoms with Gasteiger partial charge in [-0.25, -0.2) is 13.1 Å². The molecule has 0 bridgehead atoms. The number of rotatable bonds is 3. The van der Waals surface area contributed by atoms with E-state index in [-0.39, 0.29) is 16.7 Å². The Kier molecular flexibility index (Phi) is 4.11. The van der Waals surface area contributed by atoms with Gasteiger partial charge < -0.3 is 0 Å². The predicted molar refractivity (Wildman–Crippen MR) is 82.3 cm³/mol. The van der Waals surface area contributed by atoms with Gasteiger partial charge in [0.2, 0.25) is 15.9 Å². The van der Waals surface area contributed by atoms with Crippen LogP contribution >= 0.6 is 0 Å². The Morgan fingerprint density at radius 3 is 2.27 bits per heavy atom. The van der Waals surface area contributed by atoms with Gasteiger partial charge in [-0.3, -0.25) is 4.79 Å². The topological polar surface area (TPSA) is 72.3 Å². The molecule has 7 heteroatoms. The fourth-order valence-electron chi connectivity index (χ4n) is 3.62. The van der Waals surface area contributed by atoms with Crippen molar-refractivity contribution < 1.29 is 13.2 Å². The van der Waals surface area contributed by atoms with Crippen molar-refractivity contribution >= 4 is 15.9 Å². The Labute approximate surface area is 131 Å². The minimum Gasteiger partial charge on any atom is -0.272 e. The van der Waals surface area contributed by atoms with E-state index in [9.17, 15) is 13.2 Å². The van der Waals surface area contributed by atoms with Gasteiger partial charge in [0.15, 0.2) is 0 Å². The molecule has 6 nitrogen and oxygen atoms in total. The second kappa shape index (κ2) is 5.77. The zero-order chi connectivity index (χ0) is 15.9. The first-order valence-electron chi connectivity index (χ1n) is 8.03. The number of aromatic nitrogens is 2. The van der Waals surface area contributed by atoms with E-state index < -0.39 is 10.0 Å². The lowest BCUT2D eigenvalue weighted by molar-refractivity contribution is 0.0817. The Morgan fingerprint density at radius 1 is 1.09 bits per heavy atom. The lowest BCUT2D eigenvalue weighted by atomic mass is 10.1. The van der Waals surface area contributed by atoms with Gasteiger partial charge in [-0.15, -0.1) is 0 Å². The van der Waals surface area contributed by atoms with Gasteiger partial charge in [-0.2, -0.15) is 9.40 Å². The number of hydrogen-bond donors (Lipinski definition) is 0. The average Bonchev–Trinajstić information content (AvgIpc) is 3.19. The molecule has 1 aliphatic heterocycles. The highest BCUT2D eigenvalue weighted by Gasteiger charge is 2.35. The molecule has 0 radical (unpaired) electrons. The fraction of sp³-hybridized carbons (Fsp3) is 0.733. The van der Waals surface area contributed by atoms with Crippen LogP contribution in [0.5, 0.6) is 0 Å². The van der Waals surface area contributed by atoms with Gasteiger partial charge in [0.25, 0.3) is 0 Å². The van der Waals surface area contributed by atoms with E-state index in [0.29, 0.717) is 24.5 Å². The summed E-state index contributed by atoms with van der Waals surface area (Å²) < 4.78 is 28.4. The van der Waals surface area contributed by atoms with Crippen LogP contribution in [-0.4, -0.2) is 41.5 Å². The molecule has 2 aliphatic rings. The summed E-state index contributed by atoms with van der Waals surface area (Å²) in [6, 6.07) is 0. The minimum atomic E-state index is -3.54. The molecule has 122 valence electrons. The fourth-order valence-corrected chi connectivity index (χ4v) is 5.49. The van der Waals surface area contributed by atoms with Crippen molar-refractivity contribution in [1.29, 1.82) is 0 Å². The Balaban J connectivity index is 1.98. The van der Waals surface area contributed by atoms with Gasteiger partial charge in [0.1, 0.15) is 4.90 Å². The standard InChI is InChI=1S/C15H23N3O3S/c1-11-14(22(20,21)17-9-5-6-10-17)12(2)18(16-11)15(19)13-7-3-4-8-13/h13H,3-10H2,1-2H3. The maximum atomic E-state index is 12.8. The molecular formula is C15H23N3O3S. The largest absolute Gasteiger partial charge is 0.272 e. The number of aryl methyl sites for hydroxylation is 1. The Hall–Kier alpha value is -1.21. The summed E-state index contributed by atoms with van der Waals surface area (Å²) in [5.41, 5.74) is 0.886. The zero-order valence-electron chi connectivity index (χ0n) is 13.2. The van der Waals surface area contributed by atoms with Crippen LogP contribution in [-0.2, 0) is 10.0 Å². The second-order valence-electron chi connectivity index (χ2n) is 6.34. The summed E-state index contributed by atoms with van der Waals surface area (Å²) in [6.07, 6.45) is 5.68. The molecule has 0 spiro atoms. The van der Waals surface area contributed by atoms with Gasteiger partial charge in [0.05, 0.1) is 11.4 Å². The Morgan fingerprint density at radius 2 is 1.68 bits per heavy atom. The highest BCUT2D eigenvalue weighted by atomic mass is 32.2. The van der Waals surface area contributed by atoms with E-state index in [1.807, 2.05) is 0 Å². The summed E-state index contributed by atoms with van der Waals surface area (Å²) in [5.74, 6) is -0.0682. The van der Waals surface area contributed by atoms with Crippen LogP contribution in [0, 0.1) is 19.8 Å². The lowest BCUT2D eigenvalue weighted by Gasteiger charge is -2.16. The van der Waals surface area contributed by atoms with Gasteiger partial charge >= 0.3 is 0 Å². The van der Waals surface area contributed by atoms with E-state index in [1.54, 1.807) is 13.8 Å². The second-order valence-corrected chi connectivity index (χ2v) is 8.22.